The largest absolute Gasteiger partial charge is 0.469 e. The summed E-state index contributed by atoms with van der Waals surface area (Å²) in [6.07, 6.45) is 1.56. The molecule has 0 saturated heterocycles. The van der Waals surface area contributed by atoms with E-state index >= 15 is 0 Å². The van der Waals surface area contributed by atoms with Crippen LogP contribution in [0, 0.1) is 12.7 Å². The second-order valence-corrected chi connectivity index (χ2v) is 4.04. The van der Waals surface area contributed by atoms with Gasteiger partial charge in [0.25, 0.3) is 0 Å². The molecule has 0 aliphatic carbocycles. The van der Waals surface area contributed by atoms with Crippen LogP contribution in [-0.2, 0) is 0 Å². The van der Waals surface area contributed by atoms with Crippen molar-refractivity contribution in [3.05, 3.63) is 58.3 Å². The SMILES string of the molecule is Cc1cc(C(N)c2cc(F)ccc2Cl)co1. The second-order valence-electron chi connectivity index (χ2n) is 3.63. The molecule has 2 aromatic rings. The van der Waals surface area contributed by atoms with Crippen LogP contribution in [0.25, 0.3) is 0 Å². The van der Waals surface area contributed by atoms with E-state index in [1.807, 2.05) is 13.0 Å². The third kappa shape index (κ3) is 2.10. The van der Waals surface area contributed by atoms with Crippen LogP contribution < -0.4 is 5.73 Å². The van der Waals surface area contributed by atoms with Crippen LogP contribution in [-0.4, -0.2) is 0 Å². The van der Waals surface area contributed by atoms with Crippen LogP contribution in [0.3, 0.4) is 0 Å². The van der Waals surface area contributed by atoms with E-state index in [0.717, 1.165) is 11.3 Å². The molecule has 1 aromatic heterocycles. The molecule has 1 atom stereocenters. The average Bonchev–Trinajstić information content (AvgIpc) is 2.67. The predicted molar refractivity (Wildman–Crippen MR) is 60.9 cm³/mol. The molecular formula is C12H11ClFNO. The first-order valence-corrected chi connectivity index (χ1v) is 5.21. The number of benzene rings is 1. The summed E-state index contributed by atoms with van der Waals surface area (Å²) in [5, 5.41) is 0.452. The summed E-state index contributed by atoms with van der Waals surface area (Å²) in [6.45, 7) is 1.82. The molecule has 2 nitrogen and oxygen atoms in total. The summed E-state index contributed by atoms with van der Waals surface area (Å²) in [6, 6.07) is 5.49. The van der Waals surface area contributed by atoms with Gasteiger partial charge in [-0.1, -0.05) is 11.6 Å². The van der Waals surface area contributed by atoms with Crippen molar-refractivity contribution in [3.63, 3.8) is 0 Å². The van der Waals surface area contributed by atoms with Gasteiger partial charge in [-0.2, -0.15) is 0 Å². The van der Waals surface area contributed by atoms with E-state index in [1.165, 1.54) is 18.2 Å². The quantitative estimate of drug-likeness (QED) is 0.872. The average molecular weight is 240 g/mol. The lowest BCUT2D eigenvalue weighted by molar-refractivity contribution is 0.530. The number of aryl methyl sites for hydroxylation is 1. The Morgan fingerprint density at radius 3 is 2.75 bits per heavy atom. The number of rotatable bonds is 2. The van der Waals surface area contributed by atoms with Crippen molar-refractivity contribution in [2.24, 2.45) is 5.73 Å². The molecule has 1 aromatic carbocycles. The maximum absolute atomic E-state index is 13.1. The molecule has 2 N–H and O–H groups in total. The molecule has 2 rings (SSSR count). The minimum absolute atomic E-state index is 0.352. The number of hydrogen-bond donors (Lipinski definition) is 1. The Hall–Kier alpha value is -1.32. The van der Waals surface area contributed by atoms with Crippen LogP contribution in [0.5, 0.6) is 0 Å². The lowest BCUT2D eigenvalue weighted by atomic mass is 10.0. The molecule has 0 spiro atoms. The normalized spacial score (nSPS) is 12.8. The van der Waals surface area contributed by atoms with Crippen LogP contribution in [0.4, 0.5) is 4.39 Å². The highest BCUT2D eigenvalue weighted by molar-refractivity contribution is 6.31. The molecular weight excluding hydrogens is 229 g/mol. The molecule has 0 aliphatic rings. The smallest absolute Gasteiger partial charge is 0.123 e. The fraction of sp³-hybridized carbons (Fsp3) is 0.167. The Labute approximate surface area is 97.8 Å². The molecule has 16 heavy (non-hydrogen) atoms. The van der Waals surface area contributed by atoms with E-state index in [2.05, 4.69) is 0 Å². The fourth-order valence-corrected chi connectivity index (χ4v) is 1.79. The van der Waals surface area contributed by atoms with Crippen molar-refractivity contribution in [3.8, 4) is 0 Å². The van der Waals surface area contributed by atoms with Gasteiger partial charge >= 0.3 is 0 Å². The molecule has 0 radical (unpaired) electrons. The Morgan fingerprint density at radius 2 is 2.12 bits per heavy atom. The van der Waals surface area contributed by atoms with Gasteiger partial charge < -0.3 is 10.2 Å². The van der Waals surface area contributed by atoms with Crippen molar-refractivity contribution in [1.82, 2.24) is 0 Å². The standard InChI is InChI=1S/C12H11ClFNO/c1-7-4-8(6-16-7)12(15)10-5-9(14)2-3-11(10)13/h2-6,12H,15H2,1H3. The van der Waals surface area contributed by atoms with E-state index in [0.29, 0.717) is 10.6 Å². The number of hydrogen-bond acceptors (Lipinski definition) is 2. The van der Waals surface area contributed by atoms with E-state index in [9.17, 15) is 4.39 Å². The third-order valence-corrected chi connectivity index (χ3v) is 2.75. The Morgan fingerprint density at radius 1 is 1.38 bits per heavy atom. The van der Waals surface area contributed by atoms with E-state index in [-0.39, 0.29) is 5.82 Å². The predicted octanol–water partition coefficient (Wildman–Crippen LogP) is 3.43. The van der Waals surface area contributed by atoms with Gasteiger partial charge in [0.05, 0.1) is 12.3 Å². The first-order chi connectivity index (χ1) is 7.58. The Balaban J connectivity index is 2.40. The Kier molecular flexibility index (Phi) is 2.99. The molecule has 84 valence electrons. The molecule has 0 fully saturated rings. The highest BCUT2D eigenvalue weighted by Gasteiger charge is 2.15. The van der Waals surface area contributed by atoms with Crippen molar-refractivity contribution in [2.75, 3.05) is 0 Å². The van der Waals surface area contributed by atoms with E-state index in [4.69, 9.17) is 21.8 Å². The zero-order valence-electron chi connectivity index (χ0n) is 8.71. The van der Waals surface area contributed by atoms with Gasteiger partial charge in [0.1, 0.15) is 11.6 Å². The molecule has 0 bridgehead atoms. The molecule has 4 heteroatoms. The molecule has 0 aliphatic heterocycles. The summed E-state index contributed by atoms with van der Waals surface area (Å²) in [7, 11) is 0. The van der Waals surface area contributed by atoms with Crippen LogP contribution in [0.1, 0.15) is 22.9 Å². The monoisotopic (exact) mass is 239 g/mol. The van der Waals surface area contributed by atoms with Gasteiger partial charge in [0.15, 0.2) is 0 Å². The summed E-state index contributed by atoms with van der Waals surface area (Å²) in [5.74, 6) is 0.410. The summed E-state index contributed by atoms with van der Waals surface area (Å²) < 4.78 is 18.3. The second kappa shape index (κ2) is 4.28. The van der Waals surface area contributed by atoms with Gasteiger partial charge in [-0.25, -0.2) is 4.39 Å². The molecule has 1 unspecified atom stereocenters. The van der Waals surface area contributed by atoms with Crippen LogP contribution in [0.2, 0.25) is 5.02 Å². The zero-order chi connectivity index (χ0) is 11.7. The van der Waals surface area contributed by atoms with Gasteiger partial charge in [0.2, 0.25) is 0 Å². The van der Waals surface area contributed by atoms with Crippen molar-refractivity contribution in [2.45, 2.75) is 13.0 Å². The van der Waals surface area contributed by atoms with Gasteiger partial charge in [0, 0.05) is 10.6 Å². The minimum atomic E-state index is -0.472. The maximum atomic E-state index is 13.1. The van der Waals surface area contributed by atoms with Crippen molar-refractivity contribution < 1.29 is 8.81 Å². The lowest BCUT2D eigenvalue weighted by Gasteiger charge is -2.11. The highest BCUT2D eigenvalue weighted by Crippen LogP contribution is 2.28. The van der Waals surface area contributed by atoms with Crippen molar-refractivity contribution >= 4 is 11.6 Å². The summed E-state index contributed by atoms with van der Waals surface area (Å²) in [4.78, 5) is 0. The minimum Gasteiger partial charge on any atom is -0.469 e. The van der Waals surface area contributed by atoms with Crippen molar-refractivity contribution in [1.29, 1.82) is 0 Å². The number of halogens is 2. The molecule has 0 amide bonds. The Bertz CT molecular complexity index is 509. The van der Waals surface area contributed by atoms with Gasteiger partial charge in [-0.05, 0) is 36.8 Å². The topological polar surface area (TPSA) is 39.2 Å². The van der Waals surface area contributed by atoms with Crippen LogP contribution in [0.15, 0.2) is 34.9 Å². The lowest BCUT2D eigenvalue weighted by Crippen LogP contribution is -2.11. The molecule has 0 saturated carbocycles. The molecule has 1 heterocycles. The number of furan rings is 1. The van der Waals surface area contributed by atoms with Gasteiger partial charge in [-0.3, -0.25) is 0 Å². The maximum Gasteiger partial charge on any atom is 0.123 e. The first kappa shape index (κ1) is 11.2. The summed E-state index contributed by atoms with van der Waals surface area (Å²) in [5.41, 5.74) is 7.33. The summed E-state index contributed by atoms with van der Waals surface area (Å²) >= 11 is 5.97. The third-order valence-electron chi connectivity index (χ3n) is 2.40. The fourth-order valence-electron chi connectivity index (χ4n) is 1.56. The first-order valence-electron chi connectivity index (χ1n) is 4.83. The number of nitrogens with two attached hydrogens (primary N) is 1. The van der Waals surface area contributed by atoms with E-state index in [1.54, 1.807) is 6.26 Å². The van der Waals surface area contributed by atoms with Crippen LogP contribution >= 0.6 is 11.6 Å². The van der Waals surface area contributed by atoms with Gasteiger partial charge in [-0.15, -0.1) is 0 Å². The highest BCUT2D eigenvalue weighted by atomic mass is 35.5. The van der Waals surface area contributed by atoms with E-state index < -0.39 is 6.04 Å². The zero-order valence-corrected chi connectivity index (χ0v) is 9.46.